The maximum atomic E-state index is 15.7. The SMILES string of the molecule is CCc1nc2cccc3c2n1-c1c(C2=CC4=C5C(=CC=C6C=CC=C2C65)C=CC4)cccc1P3(=O)c1ccccc1. The van der Waals surface area contributed by atoms with Crippen LogP contribution in [0.2, 0.25) is 0 Å². The van der Waals surface area contributed by atoms with Crippen molar-refractivity contribution in [3.8, 4) is 5.69 Å². The zero-order chi connectivity index (χ0) is 27.3. The van der Waals surface area contributed by atoms with Crippen LogP contribution in [0.4, 0.5) is 0 Å². The van der Waals surface area contributed by atoms with E-state index in [-0.39, 0.29) is 5.92 Å². The molecular formula is C37H27N2OP. The second-order valence-corrected chi connectivity index (χ2v) is 14.0. The molecule has 196 valence electrons. The van der Waals surface area contributed by atoms with Gasteiger partial charge in [-0.2, -0.15) is 0 Å². The molecule has 2 atom stereocenters. The molecule has 3 nitrogen and oxygen atoms in total. The minimum Gasteiger partial charge on any atom is -0.308 e. The van der Waals surface area contributed by atoms with Crippen molar-refractivity contribution in [3.63, 3.8) is 0 Å². The molecule has 4 heteroatoms. The Bertz CT molecular complexity index is 2130. The lowest BCUT2D eigenvalue weighted by atomic mass is 9.66. The lowest BCUT2D eigenvalue weighted by Crippen LogP contribution is -2.34. The Morgan fingerprint density at radius 2 is 1.78 bits per heavy atom. The fraction of sp³-hybridized carbons (Fsp3) is 0.108. The number of benzene rings is 3. The highest BCUT2D eigenvalue weighted by Gasteiger charge is 2.42. The molecule has 9 rings (SSSR count). The van der Waals surface area contributed by atoms with E-state index in [1.165, 1.54) is 33.4 Å². The number of allylic oxidation sites excluding steroid dienone is 14. The molecule has 2 heterocycles. The molecule has 3 aromatic carbocycles. The lowest BCUT2D eigenvalue weighted by Gasteiger charge is -2.39. The largest absolute Gasteiger partial charge is 0.308 e. The average molecular weight is 547 g/mol. The van der Waals surface area contributed by atoms with E-state index in [0.29, 0.717) is 0 Å². The predicted octanol–water partition coefficient (Wildman–Crippen LogP) is 7.17. The summed E-state index contributed by atoms with van der Waals surface area (Å²) in [7, 11) is -3.18. The van der Waals surface area contributed by atoms with E-state index in [9.17, 15) is 0 Å². The van der Waals surface area contributed by atoms with E-state index in [1.54, 1.807) is 0 Å². The third kappa shape index (κ3) is 2.94. The summed E-state index contributed by atoms with van der Waals surface area (Å²) in [5.74, 6) is 1.22. The molecule has 4 aromatic rings. The summed E-state index contributed by atoms with van der Waals surface area (Å²) >= 11 is 0. The van der Waals surface area contributed by atoms with E-state index in [1.807, 2.05) is 36.4 Å². The fourth-order valence-corrected chi connectivity index (χ4v) is 10.6. The third-order valence-electron chi connectivity index (χ3n) is 9.24. The maximum Gasteiger partial charge on any atom is 0.175 e. The van der Waals surface area contributed by atoms with E-state index < -0.39 is 7.14 Å². The van der Waals surface area contributed by atoms with Crippen LogP contribution in [0.1, 0.15) is 24.7 Å². The van der Waals surface area contributed by atoms with Gasteiger partial charge in [0, 0.05) is 33.8 Å². The van der Waals surface area contributed by atoms with E-state index in [0.717, 1.165) is 56.9 Å². The van der Waals surface area contributed by atoms with Gasteiger partial charge in [-0.25, -0.2) is 4.98 Å². The molecule has 0 amide bonds. The van der Waals surface area contributed by atoms with Gasteiger partial charge in [-0.05, 0) is 58.1 Å². The van der Waals surface area contributed by atoms with Crippen LogP contribution in [0.25, 0.3) is 22.3 Å². The van der Waals surface area contributed by atoms with Crippen LogP contribution in [0.15, 0.2) is 143 Å². The minimum absolute atomic E-state index is 0.223. The Kier molecular flexibility index (Phi) is 4.70. The Balaban J connectivity index is 1.41. The summed E-state index contributed by atoms with van der Waals surface area (Å²) in [6, 6.07) is 22.6. The molecule has 0 saturated heterocycles. The highest BCUT2D eigenvalue weighted by Crippen LogP contribution is 2.54. The first-order valence-electron chi connectivity index (χ1n) is 14.4. The Morgan fingerprint density at radius 1 is 0.927 bits per heavy atom. The molecule has 1 aliphatic heterocycles. The second-order valence-electron chi connectivity index (χ2n) is 11.3. The number of imidazole rings is 1. The molecule has 0 spiro atoms. The van der Waals surface area contributed by atoms with Crippen molar-refractivity contribution in [2.75, 3.05) is 0 Å². The number of rotatable bonds is 3. The average Bonchev–Trinajstić information content (AvgIpc) is 3.42. The molecule has 0 bridgehead atoms. The van der Waals surface area contributed by atoms with Gasteiger partial charge in [0.15, 0.2) is 7.14 Å². The van der Waals surface area contributed by atoms with Gasteiger partial charge in [-0.15, -0.1) is 0 Å². The van der Waals surface area contributed by atoms with Gasteiger partial charge in [-0.1, -0.05) is 104 Å². The number of hydrogen-bond acceptors (Lipinski definition) is 2. The van der Waals surface area contributed by atoms with Gasteiger partial charge in [0.2, 0.25) is 0 Å². The van der Waals surface area contributed by atoms with Crippen LogP contribution in [0.3, 0.4) is 0 Å². The van der Waals surface area contributed by atoms with Crippen LogP contribution in [-0.2, 0) is 11.0 Å². The van der Waals surface area contributed by atoms with Crippen LogP contribution >= 0.6 is 7.14 Å². The molecule has 0 saturated carbocycles. The molecule has 4 aliphatic carbocycles. The summed E-state index contributed by atoms with van der Waals surface area (Å²) in [5.41, 5.74) is 12.0. The molecule has 1 aromatic heterocycles. The first kappa shape index (κ1) is 23.3. The van der Waals surface area contributed by atoms with Gasteiger partial charge in [0.25, 0.3) is 0 Å². The van der Waals surface area contributed by atoms with Crippen LogP contribution in [0, 0.1) is 5.92 Å². The summed E-state index contributed by atoms with van der Waals surface area (Å²) in [4.78, 5) is 5.09. The lowest BCUT2D eigenvalue weighted by molar-refractivity contribution is 0.592. The summed E-state index contributed by atoms with van der Waals surface area (Å²) in [6.07, 6.45) is 19.9. The zero-order valence-corrected chi connectivity index (χ0v) is 23.6. The number of aromatic nitrogens is 2. The highest BCUT2D eigenvalue weighted by atomic mass is 31.2. The fourth-order valence-electron chi connectivity index (χ4n) is 7.54. The van der Waals surface area contributed by atoms with Gasteiger partial charge in [0.1, 0.15) is 5.82 Å². The van der Waals surface area contributed by atoms with Gasteiger partial charge >= 0.3 is 0 Å². The molecule has 0 N–H and O–H groups in total. The quantitative estimate of drug-likeness (QED) is 0.225. The van der Waals surface area contributed by atoms with Gasteiger partial charge in [0.05, 0.1) is 16.7 Å². The van der Waals surface area contributed by atoms with Gasteiger partial charge < -0.3 is 4.57 Å². The number of fused-ring (bicyclic) bond motifs is 2. The molecular weight excluding hydrogens is 519 g/mol. The van der Waals surface area contributed by atoms with Crippen LogP contribution in [0.5, 0.6) is 0 Å². The van der Waals surface area contributed by atoms with Crippen molar-refractivity contribution < 1.29 is 4.57 Å². The van der Waals surface area contributed by atoms with E-state index in [2.05, 4.69) is 90.4 Å². The van der Waals surface area contributed by atoms with Crippen LogP contribution in [-0.4, -0.2) is 9.55 Å². The summed E-state index contributed by atoms with van der Waals surface area (Å²) < 4.78 is 18.0. The smallest absolute Gasteiger partial charge is 0.175 e. The summed E-state index contributed by atoms with van der Waals surface area (Å²) in [5, 5.41) is 2.64. The van der Waals surface area contributed by atoms with Crippen molar-refractivity contribution in [2.45, 2.75) is 19.8 Å². The van der Waals surface area contributed by atoms with Gasteiger partial charge in [-0.3, -0.25) is 4.57 Å². The topological polar surface area (TPSA) is 34.9 Å². The molecule has 0 fully saturated rings. The van der Waals surface area contributed by atoms with E-state index >= 15 is 4.57 Å². The normalized spacial score (nSPS) is 23.0. The molecule has 0 radical (unpaired) electrons. The van der Waals surface area contributed by atoms with E-state index in [4.69, 9.17) is 4.98 Å². The standard InChI is InChI=1S/C37H27N2OP/c1-2-33-38-30-17-9-19-32-37(30)39(33)36-28(16-8-18-31(36)41(32,40)26-13-4-3-5-14-26)29-22-25-12-6-10-23-20-21-24-11-7-15-27(29)35(24)34(23)25/h3-11,13-22,35H,2,12H2,1H3. The number of para-hydroxylation sites is 2. The summed E-state index contributed by atoms with van der Waals surface area (Å²) in [6.45, 7) is 2.16. The van der Waals surface area contributed by atoms with Crippen molar-refractivity contribution in [1.82, 2.24) is 9.55 Å². The highest BCUT2D eigenvalue weighted by molar-refractivity contribution is 7.86. The number of nitrogens with zero attached hydrogens (tertiary/aromatic N) is 2. The first-order valence-corrected chi connectivity index (χ1v) is 16.1. The molecule has 5 aliphatic rings. The Morgan fingerprint density at radius 3 is 2.66 bits per heavy atom. The maximum absolute atomic E-state index is 15.7. The Hall–Kier alpha value is -4.46. The minimum atomic E-state index is -3.18. The van der Waals surface area contributed by atoms with Crippen molar-refractivity contribution in [2.24, 2.45) is 5.92 Å². The monoisotopic (exact) mass is 546 g/mol. The molecule has 41 heavy (non-hydrogen) atoms. The Labute approximate surface area is 239 Å². The third-order valence-corrected chi connectivity index (χ3v) is 12.3. The number of hydrogen-bond donors (Lipinski definition) is 0. The number of aryl methyl sites for hydroxylation is 1. The second kappa shape index (κ2) is 8.28. The zero-order valence-electron chi connectivity index (χ0n) is 22.7. The molecule has 2 unspecified atom stereocenters. The first-order chi connectivity index (χ1) is 20.2. The van der Waals surface area contributed by atoms with Crippen molar-refractivity contribution in [1.29, 1.82) is 0 Å². The van der Waals surface area contributed by atoms with Crippen LogP contribution < -0.4 is 15.9 Å². The predicted molar refractivity (Wildman–Crippen MR) is 169 cm³/mol. The van der Waals surface area contributed by atoms with Crippen molar-refractivity contribution in [3.05, 3.63) is 155 Å². The van der Waals surface area contributed by atoms with Crippen molar-refractivity contribution >= 4 is 39.7 Å².